The minimum absolute atomic E-state index is 0.00498. The van der Waals surface area contributed by atoms with Crippen LogP contribution >= 0.6 is 0 Å². The number of benzene rings is 1. The Morgan fingerprint density at radius 2 is 1.74 bits per heavy atom. The molecule has 0 bridgehead atoms. The number of esters is 1. The van der Waals surface area contributed by atoms with E-state index in [9.17, 15) is 25.2 Å². The molecule has 2 heterocycles. The summed E-state index contributed by atoms with van der Waals surface area (Å²) in [7, 11) is 0. The molecule has 1 unspecified atom stereocenters. The summed E-state index contributed by atoms with van der Waals surface area (Å²) in [5, 5.41) is 47.2. The molecule has 1 aromatic heterocycles. The second kappa shape index (κ2) is 12.0. The molecule has 0 radical (unpaired) electrons. The van der Waals surface area contributed by atoms with E-state index < -0.39 is 48.9 Å². The lowest BCUT2D eigenvalue weighted by atomic mass is 9.87. The third-order valence-electron chi connectivity index (χ3n) is 6.26. The Morgan fingerprint density at radius 1 is 1.11 bits per heavy atom. The maximum atomic E-state index is 12.3. The Morgan fingerprint density at radius 3 is 2.29 bits per heavy atom. The van der Waals surface area contributed by atoms with Gasteiger partial charge >= 0.3 is 5.97 Å². The maximum Gasteiger partial charge on any atom is 0.343 e. The molecule has 212 valence electrons. The highest BCUT2D eigenvalue weighted by atomic mass is 16.6. The Bertz CT molecular complexity index is 1080. The number of ether oxygens (including phenoxy) is 4. The standard InChI is InChI=1S/C27H40N2O9/c1-14(2)29-17(7)20(12-18-8-10-19(11-9-18)36-15(3)4)24(28-29)38-25(32)22-21(30)23(31)27(34,13-35-22)26(33)37-16(5)6/h8-11,14-16,21-23,25,30-32,34H,12-13H2,1-7H3/t21-,22+,23+,25?,27+/m1/s1. The van der Waals surface area contributed by atoms with Crippen LogP contribution in [0.1, 0.15) is 64.4 Å². The van der Waals surface area contributed by atoms with E-state index in [1.165, 1.54) is 0 Å². The monoisotopic (exact) mass is 536 g/mol. The number of rotatable bonds is 10. The van der Waals surface area contributed by atoms with Gasteiger partial charge in [-0.25, -0.2) is 4.79 Å². The van der Waals surface area contributed by atoms with Crippen LogP contribution in [0.15, 0.2) is 24.3 Å². The zero-order chi connectivity index (χ0) is 28.4. The molecule has 11 nitrogen and oxygen atoms in total. The zero-order valence-corrected chi connectivity index (χ0v) is 23.0. The Balaban J connectivity index is 1.80. The smallest absolute Gasteiger partial charge is 0.343 e. The average Bonchev–Trinajstić information content (AvgIpc) is 3.13. The van der Waals surface area contributed by atoms with Crippen LogP contribution in [0, 0.1) is 6.92 Å². The van der Waals surface area contributed by atoms with E-state index in [0.717, 1.165) is 22.6 Å². The van der Waals surface area contributed by atoms with Crippen LogP contribution in [0.4, 0.5) is 0 Å². The molecule has 1 fully saturated rings. The van der Waals surface area contributed by atoms with Crippen molar-refractivity contribution in [1.29, 1.82) is 0 Å². The van der Waals surface area contributed by atoms with Crippen LogP contribution in [0.3, 0.4) is 0 Å². The Hall–Kier alpha value is -2.70. The molecule has 4 N–H and O–H groups in total. The van der Waals surface area contributed by atoms with Crippen molar-refractivity contribution in [3.05, 3.63) is 41.1 Å². The SMILES string of the molecule is Cc1c(Cc2ccc(OC(C)C)cc2)c(OC(O)[C@H]2OC[C@@](O)(C(=O)OC(C)C)[C@@H](O)[C@@H]2O)nn1C(C)C. The van der Waals surface area contributed by atoms with Gasteiger partial charge in [-0.15, -0.1) is 5.10 Å². The number of aliphatic hydroxyl groups excluding tert-OH is 3. The fraction of sp³-hybridized carbons (Fsp3) is 0.630. The summed E-state index contributed by atoms with van der Waals surface area (Å²) in [5.74, 6) is -0.243. The molecule has 1 saturated heterocycles. The van der Waals surface area contributed by atoms with Gasteiger partial charge in [-0.05, 0) is 66.2 Å². The van der Waals surface area contributed by atoms with Crippen LogP contribution < -0.4 is 9.47 Å². The van der Waals surface area contributed by atoms with Crippen molar-refractivity contribution in [3.8, 4) is 11.6 Å². The first kappa shape index (κ1) is 29.9. The number of nitrogens with zero attached hydrogens (tertiary/aromatic N) is 2. The van der Waals surface area contributed by atoms with E-state index in [-0.39, 0.29) is 18.0 Å². The van der Waals surface area contributed by atoms with Gasteiger partial charge in [-0.2, -0.15) is 0 Å². The molecule has 0 aliphatic carbocycles. The van der Waals surface area contributed by atoms with Crippen molar-refractivity contribution in [2.45, 2.75) is 103 Å². The maximum absolute atomic E-state index is 12.3. The molecule has 3 rings (SSSR count). The van der Waals surface area contributed by atoms with Crippen molar-refractivity contribution in [3.63, 3.8) is 0 Å². The van der Waals surface area contributed by atoms with Gasteiger partial charge < -0.3 is 39.4 Å². The van der Waals surface area contributed by atoms with E-state index in [1.54, 1.807) is 18.5 Å². The number of aliphatic hydroxyl groups is 4. The van der Waals surface area contributed by atoms with E-state index in [0.29, 0.717) is 6.42 Å². The van der Waals surface area contributed by atoms with Crippen LogP contribution in [0.2, 0.25) is 0 Å². The van der Waals surface area contributed by atoms with Gasteiger partial charge in [0.1, 0.15) is 24.1 Å². The fourth-order valence-electron chi connectivity index (χ4n) is 4.29. The molecule has 1 aliphatic rings. The summed E-state index contributed by atoms with van der Waals surface area (Å²) >= 11 is 0. The predicted octanol–water partition coefficient (Wildman–Crippen LogP) is 1.65. The second-order valence-corrected chi connectivity index (χ2v) is 10.5. The lowest BCUT2D eigenvalue weighted by molar-refractivity contribution is -0.273. The number of carbonyl (C=O) groups is 1. The largest absolute Gasteiger partial charge is 0.491 e. The van der Waals surface area contributed by atoms with Gasteiger partial charge in [0, 0.05) is 23.7 Å². The van der Waals surface area contributed by atoms with Crippen molar-refractivity contribution in [2.75, 3.05) is 6.61 Å². The molecule has 2 aromatic rings. The predicted molar refractivity (Wildman–Crippen MR) is 137 cm³/mol. The molecule has 5 atom stereocenters. The number of aromatic nitrogens is 2. The van der Waals surface area contributed by atoms with Crippen molar-refractivity contribution in [2.24, 2.45) is 0 Å². The summed E-state index contributed by atoms with van der Waals surface area (Å²) in [4.78, 5) is 12.3. The van der Waals surface area contributed by atoms with Gasteiger partial charge in [0.2, 0.25) is 17.8 Å². The first-order valence-electron chi connectivity index (χ1n) is 12.8. The summed E-state index contributed by atoms with van der Waals surface area (Å²) in [6.45, 7) is 12.2. The Kier molecular flexibility index (Phi) is 9.43. The molecule has 1 aliphatic heterocycles. The molecule has 1 aromatic carbocycles. The second-order valence-electron chi connectivity index (χ2n) is 10.5. The summed E-state index contributed by atoms with van der Waals surface area (Å²) in [6.07, 6.45) is -7.12. The van der Waals surface area contributed by atoms with E-state index in [2.05, 4.69) is 5.10 Å². The number of carbonyl (C=O) groups excluding carboxylic acids is 1. The lowest BCUT2D eigenvalue weighted by Gasteiger charge is -2.42. The van der Waals surface area contributed by atoms with Crippen molar-refractivity contribution < 1.29 is 44.2 Å². The molecule has 0 spiro atoms. The molecule has 0 saturated carbocycles. The highest BCUT2D eigenvalue weighted by Crippen LogP contribution is 2.32. The molecule has 0 amide bonds. The van der Waals surface area contributed by atoms with Gasteiger partial charge in [-0.3, -0.25) is 4.68 Å². The van der Waals surface area contributed by atoms with Crippen molar-refractivity contribution >= 4 is 5.97 Å². The topological polar surface area (TPSA) is 153 Å². The van der Waals surface area contributed by atoms with Gasteiger partial charge in [0.05, 0.1) is 18.8 Å². The molecule has 38 heavy (non-hydrogen) atoms. The van der Waals surface area contributed by atoms with Crippen molar-refractivity contribution in [1.82, 2.24) is 9.78 Å². The van der Waals surface area contributed by atoms with E-state index in [4.69, 9.17) is 18.9 Å². The highest BCUT2D eigenvalue weighted by Gasteiger charge is 2.56. The van der Waals surface area contributed by atoms with Gasteiger partial charge in [-0.1, -0.05) is 12.1 Å². The van der Waals surface area contributed by atoms with Crippen LogP contribution in [0.5, 0.6) is 11.6 Å². The molecular formula is C27H40N2O9. The summed E-state index contributed by atoms with van der Waals surface area (Å²) in [6, 6.07) is 7.64. The minimum Gasteiger partial charge on any atom is -0.491 e. The lowest BCUT2D eigenvalue weighted by Crippen LogP contribution is -2.67. The zero-order valence-electron chi connectivity index (χ0n) is 23.0. The minimum atomic E-state index is -2.49. The third kappa shape index (κ3) is 6.47. The van der Waals surface area contributed by atoms with E-state index >= 15 is 0 Å². The Labute approximate surface area is 222 Å². The van der Waals surface area contributed by atoms with Crippen LogP contribution in [-0.4, -0.2) is 85.2 Å². The fourth-order valence-corrected chi connectivity index (χ4v) is 4.29. The highest BCUT2D eigenvalue weighted by molar-refractivity contribution is 5.80. The molecular weight excluding hydrogens is 496 g/mol. The van der Waals surface area contributed by atoms with Gasteiger partial charge in [0.25, 0.3) is 0 Å². The number of hydrogen-bond donors (Lipinski definition) is 4. The van der Waals surface area contributed by atoms with Gasteiger partial charge in [0.15, 0.2) is 0 Å². The third-order valence-corrected chi connectivity index (χ3v) is 6.26. The quantitative estimate of drug-likeness (QED) is 0.260. The van der Waals surface area contributed by atoms with Crippen LogP contribution in [-0.2, 0) is 20.7 Å². The molecule has 11 heteroatoms. The van der Waals surface area contributed by atoms with Crippen LogP contribution in [0.25, 0.3) is 0 Å². The summed E-state index contributed by atoms with van der Waals surface area (Å²) < 4.78 is 23.6. The average molecular weight is 537 g/mol. The summed E-state index contributed by atoms with van der Waals surface area (Å²) in [5.41, 5.74) is 0.0236. The van der Waals surface area contributed by atoms with E-state index in [1.807, 2.05) is 58.9 Å². The first-order chi connectivity index (χ1) is 17.7. The number of hydrogen-bond acceptors (Lipinski definition) is 10. The normalized spacial score (nSPS) is 24.6. The first-order valence-corrected chi connectivity index (χ1v) is 12.8.